The van der Waals surface area contributed by atoms with Crippen molar-refractivity contribution in [2.24, 2.45) is 23.6 Å². The maximum atomic E-state index is 5.51. The van der Waals surface area contributed by atoms with Gasteiger partial charge >= 0.3 is 0 Å². The molecule has 1 aromatic heterocycles. The van der Waals surface area contributed by atoms with E-state index in [2.05, 4.69) is 20.7 Å². The Bertz CT molecular complexity index is 492. The van der Waals surface area contributed by atoms with Gasteiger partial charge in [-0.15, -0.1) is 0 Å². The molecule has 5 heteroatoms. The Morgan fingerprint density at radius 1 is 1.05 bits per heavy atom. The molecule has 20 heavy (non-hydrogen) atoms. The summed E-state index contributed by atoms with van der Waals surface area (Å²) in [5, 5.41) is 3.78. The normalized spacial score (nSPS) is 38.0. The largest absolute Gasteiger partial charge is 0.364 e. The van der Waals surface area contributed by atoms with Gasteiger partial charge in [-0.3, -0.25) is 0 Å². The van der Waals surface area contributed by atoms with Crippen LogP contribution in [0.15, 0.2) is 6.33 Å². The predicted octanol–water partition coefficient (Wildman–Crippen LogP) is 2.45. The van der Waals surface area contributed by atoms with E-state index >= 15 is 0 Å². The van der Waals surface area contributed by atoms with E-state index in [1.165, 1.54) is 38.5 Å². The van der Waals surface area contributed by atoms with Gasteiger partial charge in [0.2, 0.25) is 0 Å². The van der Waals surface area contributed by atoms with E-state index in [-0.39, 0.29) is 5.54 Å². The number of anilines is 2. The molecule has 108 valence electrons. The maximum absolute atomic E-state index is 5.51. The van der Waals surface area contributed by atoms with Crippen LogP contribution in [-0.2, 0) is 0 Å². The average molecular weight is 273 g/mol. The molecular weight excluding hydrogens is 250 g/mol. The molecular formula is C15H23N5. The SMILES string of the molecule is Cc1c(NN)ncnc1NC12CC3CC(CC(C3)C1)C2. The van der Waals surface area contributed by atoms with Gasteiger partial charge in [0, 0.05) is 11.1 Å². The van der Waals surface area contributed by atoms with Crippen molar-refractivity contribution in [2.75, 3.05) is 10.7 Å². The van der Waals surface area contributed by atoms with E-state index in [4.69, 9.17) is 5.84 Å². The molecule has 0 amide bonds. The van der Waals surface area contributed by atoms with Crippen LogP contribution in [0, 0.1) is 24.7 Å². The van der Waals surface area contributed by atoms with Crippen LogP contribution in [0.3, 0.4) is 0 Å². The highest BCUT2D eigenvalue weighted by Crippen LogP contribution is 2.56. The first-order valence-corrected chi connectivity index (χ1v) is 7.74. The molecule has 4 N–H and O–H groups in total. The molecule has 5 rings (SSSR count). The lowest BCUT2D eigenvalue weighted by Gasteiger charge is -2.57. The lowest BCUT2D eigenvalue weighted by Crippen LogP contribution is -2.55. The molecule has 4 aliphatic rings. The van der Waals surface area contributed by atoms with E-state index in [9.17, 15) is 0 Å². The minimum atomic E-state index is 0.278. The number of nitrogens with one attached hydrogen (secondary N) is 2. The van der Waals surface area contributed by atoms with Crippen molar-refractivity contribution in [1.82, 2.24) is 9.97 Å². The summed E-state index contributed by atoms with van der Waals surface area (Å²) < 4.78 is 0. The second-order valence-corrected chi connectivity index (χ2v) is 7.16. The summed E-state index contributed by atoms with van der Waals surface area (Å²) in [6.45, 7) is 2.03. The molecule has 0 spiro atoms. The molecule has 0 aromatic carbocycles. The van der Waals surface area contributed by atoms with Crippen LogP contribution < -0.4 is 16.6 Å². The highest BCUT2D eigenvalue weighted by atomic mass is 15.3. The third kappa shape index (κ3) is 1.87. The zero-order valence-corrected chi connectivity index (χ0v) is 12.0. The van der Waals surface area contributed by atoms with Crippen LogP contribution in [-0.4, -0.2) is 15.5 Å². The summed E-state index contributed by atoms with van der Waals surface area (Å²) in [5.74, 6) is 9.98. The molecule has 1 aromatic rings. The van der Waals surface area contributed by atoms with Crippen molar-refractivity contribution < 1.29 is 0 Å². The van der Waals surface area contributed by atoms with Crippen LogP contribution >= 0.6 is 0 Å². The quantitative estimate of drug-likeness (QED) is 0.582. The first kappa shape index (κ1) is 12.4. The van der Waals surface area contributed by atoms with Gasteiger partial charge in [-0.1, -0.05) is 0 Å². The van der Waals surface area contributed by atoms with Crippen LogP contribution in [0.1, 0.15) is 44.1 Å². The lowest BCUT2D eigenvalue weighted by atomic mass is 9.53. The number of aromatic nitrogens is 2. The fourth-order valence-corrected chi connectivity index (χ4v) is 5.24. The number of nitrogens with two attached hydrogens (primary N) is 1. The van der Waals surface area contributed by atoms with Gasteiger partial charge in [-0.05, 0) is 63.2 Å². The maximum Gasteiger partial charge on any atom is 0.148 e. The van der Waals surface area contributed by atoms with Crippen molar-refractivity contribution >= 4 is 11.6 Å². The number of hydrazine groups is 1. The Kier molecular flexibility index (Phi) is 2.67. The van der Waals surface area contributed by atoms with Crippen LogP contribution in [0.4, 0.5) is 11.6 Å². The van der Waals surface area contributed by atoms with Gasteiger partial charge in [-0.2, -0.15) is 0 Å². The molecule has 5 nitrogen and oxygen atoms in total. The third-order valence-corrected chi connectivity index (χ3v) is 5.64. The van der Waals surface area contributed by atoms with Gasteiger partial charge in [0.1, 0.15) is 18.0 Å². The molecule has 0 atom stereocenters. The minimum Gasteiger partial charge on any atom is -0.364 e. The summed E-state index contributed by atoms with van der Waals surface area (Å²) in [5.41, 5.74) is 3.95. The van der Waals surface area contributed by atoms with Crippen molar-refractivity contribution in [3.05, 3.63) is 11.9 Å². The predicted molar refractivity (Wildman–Crippen MR) is 79.1 cm³/mol. The average Bonchev–Trinajstić information content (AvgIpc) is 2.39. The fraction of sp³-hybridized carbons (Fsp3) is 0.733. The Morgan fingerprint density at radius 2 is 1.60 bits per heavy atom. The summed E-state index contributed by atoms with van der Waals surface area (Å²) in [7, 11) is 0. The molecule has 4 bridgehead atoms. The monoisotopic (exact) mass is 273 g/mol. The van der Waals surface area contributed by atoms with Gasteiger partial charge in [0.25, 0.3) is 0 Å². The molecule has 0 unspecified atom stereocenters. The number of nitrogens with zero attached hydrogens (tertiary/aromatic N) is 2. The molecule has 1 heterocycles. The number of rotatable bonds is 3. The molecule has 4 fully saturated rings. The van der Waals surface area contributed by atoms with E-state index in [0.29, 0.717) is 5.82 Å². The summed E-state index contributed by atoms with van der Waals surface area (Å²) in [4.78, 5) is 8.61. The summed E-state index contributed by atoms with van der Waals surface area (Å²) in [6.07, 6.45) is 9.90. The van der Waals surface area contributed by atoms with Gasteiger partial charge in [0.05, 0.1) is 0 Å². The van der Waals surface area contributed by atoms with Crippen LogP contribution in [0.25, 0.3) is 0 Å². The minimum absolute atomic E-state index is 0.278. The lowest BCUT2D eigenvalue weighted by molar-refractivity contribution is 0.0105. The smallest absolute Gasteiger partial charge is 0.148 e. The standard InChI is InChI=1S/C15H23N5/c1-9-13(17-8-18-14(9)20-16)19-15-5-10-2-11(6-15)4-12(3-10)7-15/h8,10-12H,2-7,16H2,1H3,(H2,17,18,19,20). The Labute approximate surface area is 119 Å². The second-order valence-electron chi connectivity index (χ2n) is 7.16. The molecule has 0 aliphatic heterocycles. The van der Waals surface area contributed by atoms with E-state index in [1.807, 2.05) is 6.92 Å². The fourth-order valence-electron chi connectivity index (χ4n) is 5.24. The van der Waals surface area contributed by atoms with Crippen LogP contribution in [0.2, 0.25) is 0 Å². The molecule has 4 aliphatic carbocycles. The zero-order chi connectivity index (χ0) is 13.7. The van der Waals surface area contributed by atoms with Gasteiger partial charge in [0.15, 0.2) is 0 Å². The zero-order valence-electron chi connectivity index (χ0n) is 12.0. The number of hydrogen-bond donors (Lipinski definition) is 3. The number of hydrogen-bond acceptors (Lipinski definition) is 5. The molecule has 0 radical (unpaired) electrons. The van der Waals surface area contributed by atoms with Crippen molar-refractivity contribution in [2.45, 2.75) is 51.0 Å². The first-order valence-electron chi connectivity index (χ1n) is 7.74. The molecule has 4 saturated carbocycles. The van der Waals surface area contributed by atoms with Crippen molar-refractivity contribution in [3.63, 3.8) is 0 Å². The highest BCUT2D eigenvalue weighted by Gasteiger charge is 2.51. The third-order valence-electron chi connectivity index (χ3n) is 5.64. The van der Waals surface area contributed by atoms with E-state index in [1.54, 1.807) is 6.33 Å². The molecule has 0 saturated heterocycles. The van der Waals surface area contributed by atoms with E-state index < -0.39 is 0 Å². The van der Waals surface area contributed by atoms with Gasteiger partial charge in [-0.25, -0.2) is 15.8 Å². The highest BCUT2D eigenvalue weighted by molar-refractivity contribution is 5.57. The Balaban J connectivity index is 1.63. The van der Waals surface area contributed by atoms with Crippen LogP contribution in [0.5, 0.6) is 0 Å². The summed E-state index contributed by atoms with van der Waals surface area (Å²) >= 11 is 0. The Morgan fingerprint density at radius 3 is 2.15 bits per heavy atom. The number of nitrogen functional groups attached to an aromatic ring is 1. The Hall–Kier alpha value is -1.36. The first-order chi connectivity index (χ1) is 9.67. The van der Waals surface area contributed by atoms with Crippen molar-refractivity contribution in [3.8, 4) is 0 Å². The second kappa shape index (κ2) is 4.32. The van der Waals surface area contributed by atoms with E-state index in [0.717, 1.165) is 29.1 Å². The summed E-state index contributed by atoms with van der Waals surface area (Å²) in [6, 6.07) is 0. The van der Waals surface area contributed by atoms with Crippen molar-refractivity contribution in [1.29, 1.82) is 0 Å². The topological polar surface area (TPSA) is 75.9 Å². The van der Waals surface area contributed by atoms with Gasteiger partial charge < -0.3 is 10.7 Å².